The summed E-state index contributed by atoms with van der Waals surface area (Å²) in [5, 5.41) is 2.63. The largest absolute Gasteiger partial charge is 0.280 e. The minimum atomic E-state index is -3.88. The first kappa shape index (κ1) is 19.6. The fourth-order valence-corrected chi connectivity index (χ4v) is 4.85. The second kappa shape index (κ2) is 7.94. The number of rotatable bonds is 5. The maximum atomic E-state index is 13.3. The average Bonchev–Trinajstić information content (AvgIpc) is 3.21. The summed E-state index contributed by atoms with van der Waals surface area (Å²) in [5.41, 5.74) is 3.11. The van der Waals surface area contributed by atoms with Crippen LogP contribution in [0.4, 0.5) is 10.1 Å². The molecular weight excluding hydrogens is 431 g/mol. The third kappa shape index (κ3) is 4.32. The number of hydrogen-bond donors (Lipinski definition) is 1. The van der Waals surface area contributed by atoms with Crippen LogP contribution in [-0.2, 0) is 10.0 Å². The molecule has 0 unspecified atom stereocenters. The van der Waals surface area contributed by atoms with Crippen molar-refractivity contribution in [2.24, 2.45) is 0 Å². The highest BCUT2D eigenvalue weighted by Crippen LogP contribution is 2.30. The number of anilines is 1. The molecule has 0 fully saturated rings. The average molecular weight is 445 g/mol. The van der Waals surface area contributed by atoms with Gasteiger partial charge in [-0.25, -0.2) is 17.8 Å². The number of halogens is 2. The highest BCUT2D eigenvalue weighted by molar-refractivity contribution is 7.92. The Balaban J connectivity index is 1.54. The van der Waals surface area contributed by atoms with E-state index >= 15 is 0 Å². The summed E-state index contributed by atoms with van der Waals surface area (Å²) in [7, 11) is -3.88. The number of aromatic nitrogens is 1. The molecule has 0 spiro atoms. The van der Waals surface area contributed by atoms with E-state index in [2.05, 4.69) is 9.71 Å². The van der Waals surface area contributed by atoms with E-state index in [4.69, 9.17) is 11.6 Å². The smallest absolute Gasteiger partial charge is 0.261 e. The molecule has 0 aliphatic heterocycles. The molecule has 8 heteroatoms. The Morgan fingerprint density at radius 2 is 1.66 bits per heavy atom. The van der Waals surface area contributed by atoms with Crippen molar-refractivity contribution in [2.45, 2.75) is 4.90 Å². The maximum Gasteiger partial charge on any atom is 0.261 e. The van der Waals surface area contributed by atoms with E-state index in [0.717, 1.165) is 40.0 Å². The predicted octanol–water partition coefficient (Wildman–Crippen LogP) is 6.07. The van der Waals surface area contributed by atoms with Crippen molar-refractivity contribution in [1.29, 1.82) is 0 Å². The SMILES string of the molecule is O=S(=O)(Nc1ccc(-c2csc(-c3ccccc3)n2)cc1)c1ccc(F)c(Cl)c1. The Morgan fingerprint density at radius 3 is 2.34 bits per heavy atom. The van der Waals surface area contributed by atoms with Gasteiger partial charge in [-0.1, -0.05) is 54.1 Å². The van der Waals surface area contributed by atoms with Crippen LogP contribution in [0.15, 0.2) is 83.1 Å². The predicted molar refractivity (Wildman–Crippen MR) is 115 cm³/mol. The van der Waals surface area contributed by atoms with Crippen LogP contribution < -0.4 is 4.72 Å². The van der Waals surface area contributed by atoms with Crippen LogP contribution in [0, 0.1) is 5.82 Å². The Labute approximate surface area is 176 Å². The molecule has 4 nitrogen and oxygen atoms in total. The van der Waals surface area contributed by atoms with E-state index in [9.17, 15) is 12.8 Å². The maximum absolute atomic E-state index is 13.3. The molecule has 3 aromatic carbocycles. The lowest BCUT2D eigenvalue weighted by molar-refractivity contribution is 0.599. The number of benzene rings is 3. The number of hydrogen-bond acceptors (Lipinski definition) is 4. The second-order valence-electron chi connectivity index (χ2n) is 6.16. The Hall–Kier alpha value is -2.74. The van der Waals surface area contributed by atoms with Gasteiger partial charge in [0.2, 0.25) is 0 Å². The van der Waals surface area contributed by atoms with E-state index in [1.54, 1.807) is 35.6 Å². The van der Waals surface area contributed by atoms with Crippen LogP contribution in [0.5, 0.6) is 0 Å². The minimum absolute atomic E-state index is 0.111. The molecule has 0 radical (unpaired) electrons. The molecule has 0 amide bonds. The van der Waals surface area contributed by atoms with Gasteiger partial charge in [0.25, 0.3) is 10.0 Å². The quantitative estimate of drug-likeness (QED) is 0.406. The van der Waals surface area contributed by atoms with Crippen molar-refractivity contribution < 1.29 is 12.8 Å². The van der Waals surface area contributed by atoms with Gasteiger partial charge in [-0.2, -0.15) is 0 Å². The van der Waals surface area contributed by atoms with Crippen LogP contribution in [-0.4, -0.2) is 13.4 Å². The molecule has 0 aliphatic rings. The van der Waals surface area contributed by atoms with Gasteiger partial charge in [0.05, 0.1) is 15.6 Å². The van der Waals surface area contributed by atoms with Crippen LogP contribution in [0.1, 0.15) is 0 Å². The van der Waals surface area contributed by atoms with Crippen molar-refractivity contribution in [1.82, 2.24) is 4.98 Å². The molecule has 0 saturated heterocycles. The fourth-order valence-electron chi connectivity index (χ4n) is 2.69. The highest BCUT2D eigenvalue weighted by Gasteiger charge is 2.16. The number of nitrogens with one attached hydrogen (secondary N) is 1. The van der Waals surface area contributed by atoms with E-state index in [1.807, 2.05) is 35.7 Å². The number of sulfonamides is 1. The Morgan fingerprint density at radius 1 is 0.931 bits per heavy atom. The number of thiazole rings is 1. The Bertz CT molecular complexity index is 1260. The van der Waals surface area contributed by atoms with E-state index in [-0.39, 0.29) is 9.92 Å². The first-order valence-electron chi connectivity index (χ1n) is 8.52. The van der Waals surface area contributed by atoms with Crippen LogP contribution in [0.2, 0.25) is 5.02 Å². The first-order valence-corrected chi connectivity index (χ1v) is 11.3. The molecule has 29 heavy (non-hydrogen) atoms. The minimum Gasteiger partial charge on any atom is -0.280 e. The van der Waals surface area contributed by atoms with E-state index < -0.39 is 15.8 Å². The zero-order valence-corrected chi connectivity index (χ0v) is 17.2. The van der Waals surface area contributed by atoms with Crippen LogP contribution >= 0.6 is 22.9 Å². The molecular formula is C21H14ClFN2O2S2. The van der Waals surface area contributed by atoms with Crippen molar-refractivity contribution in [2.75, 3.05) is 4.72 Å². The Kier molecular flexibility index (Phi) is 5.36. The third-order valence-corrected chi connectivity index (χ3v) is 6.72. The molecule has 146 valence electrons. The van der Waals surface area contributed by atoms with E-state index in [0.29, 0.717) is 5.69 Å². The van der Waals surface area contributed by atoms with Gasteiger partial charge >= 0.3 is 0 Å². The summed E-state index contributed by atoms with van der Waals surface area (Å²) in [4.78, 5) is 4.54. The lowest BCUT2D eigenvalue weighted by Gasteiger charge is -2.09. The molecule has 0 atom stereocenters. The van der Waals surface area contributed by atoms with Crippen LogP contribution in [0.25, 0.3) is 21.8 Å². The molecule has 1 N–H and O–H groups in total. The van der Waals surface area contributed by atoms with Crippen molar-refractivity contribution in [3.63, 3.8) is 0 Å². The van der Waals surface area contributed by atoms with Gasteiger partial charge in [0.1, 0.15) is 10.8 Å². The molecule has 1 aromatic heterocycles. The zero-order valence-electron chi connectivity index (χ0n) is 14.8. The lowest BCUT2D eigenvalue weighted by Crippen LogP contribution is -2.13. The van der Waals surface area contributed by atoms with Gasteiger partial charge < -0.3 is 0 Å². The second-order valence-corrected chi connectivity index (χ2v) is 9.11. The molecule has 0 aliphatic carbocycles. The van der Waals surface area contributed by atoms with Crippen molar-refractivity contribution in [3.8, 4) is 21.8 Å². The molecule has 0 saturated carbocycles. The van der Waals surface area contributed by atoms with Crippen LogP contribution in [0.3, 0.4) is 0 Å². The molecule has 1 heterocycles. The summed E-state index contributed by atoms with van der Waals surface area (Å²) >= 11 is 7.23. The first-order chi connectivity index (χ1) is 13.9. The van der Waals surface area contributed by atoms with Crippen molar-refractivity contribution in [3.05, 3.63) is 89.0 Å². The monoisotopic (exact) mass is 444 g/mol. The van der Waals surface area contributed by atoms with E-state index in [1.165, 1.54) is 0 Å². The van der Waals surface area contributed by atoms with Gasteiger partial charge in [-0.15, -0.1) is 11.3 Å². The fraction of sp³-hybridized carbons (Fsp3) is 0. The normalized spacial score (nSPS) is 11.4. The summed E-state index contributed by atoms with van der Waals surface area (Å²) in [6.45, 7) is 0. The summed E-state index contributed by atoms with van der Waals surface area (Å²) < 4.78 is 40.7. The van der Waals surface area contributed by atoms with Gasteiger partial charge in [-0.3, -0.25) is 4.72 Å². The summed E-state index contributed by atoms with van der Waals surface area (Å²) in [5.74, 6) is -0.673. The standard InChI is InChI=1S/C21H14ClFN2O2S2/c22-18-12-17(10-11-19(18)23)29(26,27)25-16-8-6-14(7-9-16)20-13-28-21(24-20)15-4-2-1-3-5-15/h1-13,25H. The van der Waals surface area contributed by atoms with Gasteiger partial charge in [-0.05, 0) is 30.3 Å². The third-order valence-electron chi connectivity index (χ3n) is 4.16. The highest BCUT2D eigenvalue weighted by atomic mass is 35.5. The van der Waals surface area contributed by atoms with Crippen molar-refractivity contribution >= 4 is 38.6 Å². The topological polar surface area (TPSA) is 59.1 Å². The molecule has 0 bridgehead atoms. The number of nitrogens with zero attached hydrogens (tertiary/aromatic N) is 1. The van der Waals surface area contributed by atoms with Gasteiger partial charge in [0.15, 0.2) is 0 Å². The summed E-state index contributed by atoms with van der Waals surface area (Å²) in [6.07, 6.45) is 0. The summed E-state index contributed by atoms with van der Waals surface area (Å²) in [6, 6.07) is 20.0. The zero-order chi connectivity index (χ0) is 20.4. The van der Waals surface area contributed by atoms with Gasteiger partial charge in [0, 0.05) is 22.2 Å². The lowest BCUT2D eigenvalue weighted by atomic mass is 10.1. The molecule has 4 aromatic rings. The molecule has 4 rings (SSSR count).